The van der Waals surface area contributed by atoms with Crippen molar-refractivity contribution in [3.05, 3.63) is 23.8 Å². The molecule has 0 bridgehead atoms. The van der Waals surface area contributed by atoms with E-state index in [9.17, 15) is 8.42 Å². The molecule has 0 unspecified atom stereocenters. The van der Waals surface area contributed by atoms with Crippen molar-refractivity contribution < 1.29 is 13.2 Å². The Balaban J connectivity index is 3.03. The van der Waals surface area contributed by atoms with Gasteiger partial charge in [-0.15, -0.1) is 0 Å². The standard InChI is InChI=1S/C16H27NO3S/c1-6-7-8-11-20-16-10-9-14(12-15(16)13(2)3)21(18,19)17(4)5/h9-10,12-13H,6-8,11H2,1-5H3. The Labute approximate surface area is 129 Å². The largest absolute Gasteiger partial charge is 0.493 e. The summed E-state index contributed by atoms with van der Waals surface area (Å²) in [7, 11) is -0.319. The molecule has 0 N–H and O–H groups in total. The second kappa shape index (κ2) is 7.80. The van der Waals surface area contributed by atoms with Crippen LogP contribution in [-0.4, -0.2) is 33.4 Å². The van der Waals surface area contributed by atoms with E-state index in [0.29, 0.717) is 11.5 Å². The van der Waals surface area contributed by atoms with Gasteiger partial charge in [0.2, 0.25) is 10.0 Å². The van der Waals surface area contributed by atoms with Crippen LogP contribution in [0, 0.1) is 0 Å². The lowest BCUT2D eigenvalue weighted by atomic mass is 10.0. The Morgan fingerprint density at radius 2 is 1.86 bits per heavy atom. The van der Waals surface area contributed by atoms with Crippen LogP contribution in [0.2, 0.25) is 0 Å². The van der Waals surface area contributed by atoms with Gasteiger partial charge in [-0.25, -0.2) is 12.7 Å². The van der Waals surface area contributed by atoms with Gasteiger partial charge in [-0.3, -0.25) is 0 Å². The van der Waals surface area contributed by atoms with Gasteiger partial charge < -0.3 is 4.74 Å². The molecule has 0 atom stereocenters. The van der Waals surface area contributed by atoms with Crippen molar-refractivity contribution in [2.24, 2.45) is 0 Å². The molecule has 1 aromatic carbocycles. The first kappa shape index (κ1) is 18.0. The lowest BCUT2D eigenvalue weighted by Gasteiger charge is -2.17. The second-order valence-corrected chi connectivity index (χ2v) is 7.85. The van der Waals surface area contributed by atoms with Gasteiger partial charge in [0.15, 0.2) is 0 Å². The first-order valence-electron chi connectivity index (χ1n) is 7.50. The van der Waals surface area contributed by atoms with Crippen molar-refractivity contribution in [3.8, 4) is 5.75 Å². The minimum absolute atomic E-state index is 0.212. The minimum Gasteiger partial charge on any atom is -0.493 e. The molecule has 21 heavy (non-hydrogen) atoms. The second-order valence-electron chi connectivity index (χ2n) is 5.70. The summed E-state index contributed by atoms with van der Waals surface area (Å²) in [4.78, 5) is 0.317. The third-order valence-electron chi connectivity index (χ3n) is 3.39. The number of rotatable bonds is 8. The molecule has 120 valence electrons. The van der Waals surface area contributed by atoms with Crippen LogP contribution in [-0.2, 0) is 10.0 Å². The van der Waals surface area contributed by atoms with Crippen molar-refractivity contribution in [2.75, 3.05) is 20.7 Å². The monoisotopic (exact) mass is 313 g/mol. The number of sulfonamides is 1. The maximum Gasteiger partial charge on any atom is 0.242 e. The normalized spacial score (nSPS) is 12.1. The highest BCUT2D eigenvalue weighted by Crippen LogP contribution is 2.30. The van der Waals surface area contributed by atoms with Gasteiger partial charge in [0.05, 0.1) is 11.5 Å². The van der Waals surface area contributed by atoms with Crippen LogP contribution in [0.25, 0.3) is 0 Å². The maximum atomic E-state index is 12.2. The number of unbranched alkanes of at least 4 members (excludes halogenated alkanes) is 2. The van der Waals surface area contributed by atoms with Crippen molar-refractivity contribution in [3.63, 3.8) is 0 Å². The summed E-state index contributed by atoms with van der Waals surface area (Å²) in [5.74, 6) is 1.00. The molecule has 0 saturated heterocycles. The number of hydrogen-bond acceptors (Lipinski definition) is 3. The summed E-state index contributed by atoms with van der Waals surface area (Å²) in [6.45, 7) is 6.91. The average molecular weight is 313 g/mol. The fourth-order valence-corrected chi connectivity index (χ4v) is 2.95. The molecule has 0 amide bonds. The van der Waals surface area contributed by atoms with E-state index in [2.05, 4.69) is 6.92 Å². The van der Waals surface area contributed by atoms with Crippen LogP contribution in [0.3, 0.4) is 0 Å². The fraction of sp³-hybridized carbons (Fsp3) is 0.625. The molecule has 1 aromatic rings. The molecule has 5 heteroatoms. The highest BCUT2D eigenvalue weighted by Gasteiger charge is 2.20. The maximum absolute atomic E-state index is 12.2. The van der Waals surface area contributed by atoms with Crippen LogP contribution in [0.4, 0.5) is 0 Å². The third-order valence-corrected chi connectivity index (χ3v) is 5.20. The molecule has 0 saturated carbocycles. The zero-order valence-electron chi connectivity index (χ0n) is 13.7. The Hall–Kier alpha value is -1.07. The number of benzene rings is 1. The van der Waals surface area contributed by atoms with Crippen molar-refractivity contribution in [1.29, 1.82) is 0 Å². The summed E-state index contributed by atoms with van der Waals surface area (Å²) in [5, 5.41) is 0. The van der Waals surface area contributed by atoms with Crippen molar-refractivity contribution in [2.45, 2.75) is 50.8 Å². The van der Waals surface area contributed by atoms with Gasteiger partial charge in [0.25, 0.3) is 0 Å². The van der Waals surface area contributed by atoms with E-state index in [-0.39, 0.29) is 5.92 Å². The van der Waals surface area contributed by atoms with Crippen LogP contribution >= 0.6 is 0 Å². The van der Waals surface area contributed by atoms with Crippen LogP contribution < -0.4 is 4.74 Å². The molecular formula is C16H27NO3S. The molecular weight excluding hydrogens is 286 g/mol. The van der Waals surface area contributed by atoms with E-state index < -0.39 is 10.0 Å². The summed E-state index contributed by atoms with van der Waals surface area (Å²) < 4.78 is 31.5. The molecule has 0 radical (unpaired) electrons. The average Bonchev–Trinajstić information content (AvgIpc) is 2.43. The first-order valence-corrected chi connectivity index (χ1v) is 8.94. The number of ether oxygens (including phenoxy) is 1. The predicted octanol–water partition coefficient (Wildman–Crippen LogP) is 3.63. The van der Waals surface area contributed by atoms with Gasteiger partial charge in [-0.2, -0.15) is 0 Å². The van der Waals surface area contributed by atoms with Crippen molar-refractivity contribution >= 4 is 10.0 Å². The van der Waals surface area contributed by atoms with E-state index in [1.807, 2.05) is 13.8 Å². The van der Waals surface area contributed by atoms with Crippen LogP contribution in [0.1, 0.15) is 51.5 Å². The van der Waals surface area contributed by atoms with E-state index in [4.69, 9.17) is 4.74 Å². The molecule has 0 aliphatic carbocycles. The van der Waals surface area contributed by atoms with Gasteiger partial charge in [-0.05, 0) is 36.1 Å². The quantitative estimate of drug-likeness (QED) is 0.689. The van der Waals surface area contributed by atoms with Gasteiger partial charge >= 0.3 is 0 Å². The number of hydrogen-bond donors (Lipinski definition) is 0. The predicted molar refractivity (Wildman–Crippen MR) is 86.4 cm³/mol. The van der Waals surface area contributed by atoms with E-state index in [1.54, 1.807) is 32.3 Å². The Kier molecular flexibility index (Phi) is 6.68. The molecule has 0 fully saturated rings. The molecule has 0 aliphatic heterocycles. The minimum atomic E-state index is -3.40. The zero-order valence-corrected chi connectivity index (χ0v) is 14.5. The molecule has 0 heterocycles. The smallest absolute Gasteiger partial charge is 0.242 e. The summed E-state index contributed by atoms with van der Waals surface area (Å²) >= 11 is 0. The molecule has 1 rings (SSSR count). The molecule has 4 nitrogen and oxygen atoms in total. The topological polar surface area (TPSA) is 46.6 Å². The lowest BCUT2D eigenvalue weighted by molar-refractivity contribution is 0.302. The molecule has 0 aromatic heterocycles. The van der Waals surface area contributed by atoms with E-state index >= 15 is 0 Å². The number of nitrogens with zero attached hydrogens (tertiary/aromatic N) is 1. The van der Waals surface area contributed by atoms with Gasteiger partial charge in [0, 0.05) is 14.1 Å². The third kappa shape index (κ3) is 4.71. The highest BCUT2D eigenvalue weighted by molar-refractivity contribution is 7.89. The van der Waals surface area contributed by atoms with Gasteiger partial charge in [0.1, 0.15) is 5.75 Å². The molecule has 0 spiro atoms. The Morgan fingerprint density at radius 1 is 1.19 bits per heavy atom. The van der Waals surface area contributed by atoms with Crippen LogP contribution in [0.15, 0.2) is 23.1 Å². The first-order chi connectivity index (χ1) is 9.80. The van der Waals surface area contributed by atoms with E-state index in [1.165, 1.54) is 4.31 Å². The van der Waals surface area contributed by atoms with Crippen molar-refractivity contribution in [1.82, 2.24) is 4.31 Å². The fourth-order valence-electron chi connectivity index (χ4n) is 2.01. The highest BCUT2D eigenvalue weighted by atomic mass is 32.2. The summed E-state index contributed by atoms with van der Waals surface area (Å²) in [5.41, 5.74) is 0.939. The summed E-state index contributed by atoms with van der Waals surface area (Å²) in [6.07, 6.45) is 3.32. The SMILES string of the molecule is CCCCCOc1ccc(S(=O)(=O)N(C)C)cc1C(C)C. The zero-order chi connectivity index (χ0) is 16.0. The van der Waals surface area contributed by atoms with E-state index in [0.717, 1.165) is 30.6 Å². The Morgan fingerprint density at radius 3 is 2.38 bits per heavy atom. The lowest BCUT2D eigenvalue weighted by Crippen LogP contribution is -2.22. The van der Waals surface area contributed by atoms with Crippen LogP contribution in [0.5, 0.6) is 5.75 Å². The molecule has 0 aliphatic rings. The van der Waals surface area contributed by atoms with Gasteiger partial charge in [-0.1, -0.05) is 33.6 Å². The Bertz CT molecular complexity index is 551. The summed E-state index contributed by atoms with van der Waals surface area (Å²) in [6, 6.07) is 5.13.